The molecule has 4 rings (SSSR count). The normalized spacial score (nSPS) is 14.7. The zero-order valence-corrected chi connectivity index (χ0v) is 17.5. The van der Waals surface area contributed by atoms with Gasteiger partial charge in [0.05, 0.1) is 18.4 Å². The fourth-order valence-corrected chi connectivity index (χ4v) is 3.84. The van der Waals surface area contributed by atoms with Crippen LogP contribution in [0.3, 0.4) is 0 Å². The molecule has 0 atom stereocenters. The molecule has 3 aromatic rings. The number of hydrogen-bond acceptors (Lipinski definition) is 4. The number of anilines is 1. The highest BCUT2D eigenvalue weighted by molar-refractivity contribution is 7.80. The van der Waals surface area contributed by atoms with Crippen molar-refractivity contribution in [3.05, 3.63) is 77.9 Å². The summed E-state index contributed by atoms with van der Waals surface area (Å²) in [5, 5.41) is 8.58. The van der Waals surface area contributed by atoms with E-state index >= 15 is 0 Å². The van der Waals surface area contributed by atoms with Crippen LogP contribution in [0.5, 0.6) is 0 Å². The minimum atomic E-state index is 0.758. The lowest BCUT2D eigenvalue weighted by molar-refractivity contribution is 0.177. The Morgan fingerprint density at radius 3 is 2.62 bits per heavy atom. The summed E-state index contributed by atoms with van der Waals surface area (Å²) < 4.78 is 1.94. The van der Waals surface area contributed by atoms with Gasteiger partial charge in [0.25, 0.3) is 0 Å². The molecular weight excluding hydrogens is 380 g/mol. The highest BCUT2D eigenvalue weighted by atomic mass is 32.1. The molecule has 0 radical (unpaired) electrons. The van der Waals surface area contributed by atoms with E-state index in [0.717, 1.165) is 50.1 Å². The van der Waals surface area contributed by atoms with Crippen molar-refractivity contribution in [2.45, 2.75) is 20.0 Å². The predicted octanol–water partition coefficient (Wildman–Crippen LogP) is 3.15. The number of hydrogen-bond donors (Lipinski definition) is 1. The second-order valence-electron chi connectivity index (χ2n) is 7.41. The smallest absolute Gasteiger partial charge is 0.173 e. The lowest BCUT2D eigenvalue weighted by Crippen LogP contribution is -2.49. The first-order valence-corrected chi connectivity index (χ1v) is 10.3. The predicted molar refractivity (Wildman–Crippen MR) is 120 cm³/mol. The van der Waals surface area contributed by atoms with Crippen molar-refractivity contribution >= 4 is 23.0 Å². The summed E-state index contributed by atoms with van der Waals surface area (Å²) in [7, 11) is 0. The Labute approximate surface area is 177 Å². The fraction of sp³-hybridized carbons (Fsp3) is 0.318. The molecule has 0 unspecified atom stereocenters. The van der Waals surface area contributed by atoms with E-state index < -0.39 is 0 Å². The van der Waals surface area contributed by atoms with Crippen molar-refractivity contribution in [3.63, 3.8) is 0 Å². The van der Waals surface area contributed by atoms with Crippen LogP contribution in [0, 0.1) is 6.92 Å². The maximum atomic E-state index is 5.63. The first-order valence-electron chi connectivity index (χ1n) is 9.91. The average Bonchev–Trinajstić information content (AvgIpc) is 3.18. The molecule has 1 aliphatic rings. The molecule has 7 heteroatoms. The average molecular weight is 407 g/mol. The lowest BCUT2D eigenvalue weighted by Gasteiger charge is -2.36. The minimum absolute atomic E-state index is 0.758. The first-order chi connectivity index (χ1) is 14.2. The van der Waals surface area contributed by atoms with Gasteiger partial charge in [-0.2, -0.15) is 5.10 Å². The van der Waals surface area contributed by atoms with Gasteiger partial charge in [0.1, 0.15) is 0 Å². The number of nitrogens with one attached hydrogen (secondary N) is 1. The third kappa shape index (κ3) is 5.19. The largest absolute Gasteiger partial charge is 0.346 e. The number of aromatic nitrogens is 3. The summed E-state index contributed by atoms with van der Waals surface area (Å²) in [6.07, 6.45) is 7.60. The topological polar surface area (TPSA) is 49.2 Å². The van der Waals surface area contributed by atoms with E-state index in [4.69, 9.17) is 12.2 Å². The number of aryl methyl sites for hydroxylation is 1. The number of thiocarbonyl (C=S) groups is 1. The zero-order chi connectivity index (χ0) is 20.1. The lowest BCUT2D eigenvalue weighted by atomic mass is 10.1. The van der Waals surface area contributed by atoms with Crippen molar-refractivity contribution in [3.8, 4) is 0 Å². The Balaban J connectivity index is 1.27. The summed E-state index contributed by atoms with van der Waals surface area (Å²) >= 11 is 5.63. The van der Waals surface area contributed by atoms with Crippen molar-refractivity contribution in [2.24, 2.45) is 0 Å². The number of piperazine rings is 1. The number of nitrogens with zero attached hydrogens (tertiary/aromatic N) is 5. The third-order valence-corrected chi connectivity index (χ3v) is 5.63. The molecule has 1 fully saturated rings. The maximum Gasteiger partial charge on any atom is 0.173 e. The monoisotopic (exact) mass is 406 g/mol. The maximum absolute atomic E-state index is 5.63. The molecule has 0 aliphatic carbocycles. The van der Waals surface area contributed by atoms with Gasteiger partial charge >= 0.3 is 0 Å². The Bertz CT molecular complexity index is 947. The van der Waals surface area contributed by atoms with Gasteiger partial charge in [0, 0.05) is 51.3 Å². The molecule has 1 aliphatic heterocycles. The van der Waals surface area contributed by atoms with E-state index in [-0.39, 0.29) is 0 Å². The van der Waals surface area contributed by atoms with Gasteiger partial charge in [-0.25, -0.2) is 0 Å². The minimum Gasteiger partial charge on any atom is -0.346 e. The Kier molecular flexibility index (Phi) is 6.17. The fourth-order valence-electron chi connectivity index (χ4n) is 3.54. The van der Waals surface area contributed by atoms with Crippen LogP contribution in [0.25, 0.3) is 0 Å². The van der Waals surface area contributed by atoms with Gasteiger partial charge in [-0.1, -0.05) is 30.3 Å². The molecular formula is C22H26N6S. The van der Waals surface area contributed by atoms with Crippen LogP contribution in [0.15, 0.2) is 61.2 Å². The number of pyridine rings is 1. The molecule has 0 spiro atoms. The first kappa shape index (κ1) is 19.5. The van der Waals surface area contributed by atoms with Crippen LogP contribution in [0.2, 0.25) is 0 Å². The second-order valence-corrected chi connectivity index (χ2v) is 7.79. The molecule has 2 aromatic heterocycles. The van der Waals surface area contributed by atoms with Crippen molar-refractivity contribution in [1.82, 2.24) is 24.6 Å². The molecule has 1 saturated heterocycles. The van der Waals surface area contributed by atoms with E-state index in [1.165, 1.54) is 16.7 Å². The van der Waals surface area contributed by atoms with Crippen molar-refractivity contribution < 1.29 is 0 Å². The molecule has 29 heavy (non-hydrogen) atoms. The zero-order valence-electron chi connectivity index (χ0n) is 16.7. The number of rotatable bonds is 5. The Morgan fingerprint density at radius 2 is 1.86 bits per heavy atom. The molecule has 0 amide bonds. The molecule has 150 valence electrons. The molecule has 0 bridgehead atoms. The van der Waals surface area contributed by atoms with E-state index in [2.05, 4.69) is 62.5 Å². The van der Waals surface area contributed by atoms with Crippen molar-refractivity contribution in [2.75, 3.05) is 31.5 Å². The Morgan fingerprint density at radius 1 is 1.03 bits per heavy atom. The van der Waals surface area contributed by atoms with Crippen LogP contribution in [0.4, 0.5) is 5.69 Å². The van der Waals surface area contributed by atoms with E-state index in [1.807, 2.05) is 35.5 Å². The molecule has 6 nitrogen and oxygen atoms in total. The van der Waals surface area contributed by atoms with Gasteiger partial charge in [0.2, 0.25) is 0 Å². The summed E-state index contributed by atoms with van der Waals surface area (Å²) in [6.45, 7) is 7.64. The Hall–Kier alpha value is -2.77. The summed E-state index contributed by atoms with van der Waals surface area (Å²) in [5.74, 6) is 0. The van der Waals surface area contributed by atoms with Crippen LogP contribution in [0.1, 0.15) is 16.7 Å². The van der Waals surface area contributed by atoms with Crippen LogP contribution in [-0.2, 0) is 13.1 Å². The van der Waals surface area contributed by atoms with Crippen LogP contribution < -0.4 is 5.32 Å². The summed E-state index contributed by atoms with van der Waals surface area (Å²) in [5.41, 5.74) is 4.73. The quantitative estimate of drug-likeness (QED) is 0.657. The van der Waals surface area contributed by atoms with Crippen LogP contribution >= 0.6 is 12.2 Å². The van der Waals surface area contributed by atoms with Gasteiger partial charge in [-0.3, -0.25) is 14.6 Å². The highest BCUT2D eigenvalue weighted by Crippen LogP contribution is 2.13. The van der Waals surface area contributed by atoms with E-state index in [0.29, 0.717) is 0 Å². The SMILES string of the molecule is Cc1ccccc1Cn1cc(NC(=S)N2CCN(Cc3cccnc3)CC2)cn1. The molecule has 3 heterocycles. The molecule has 1 N–H and O–H groups in total. The number of benzene rings is 1. The molecule has 1 aromatic carbocycles. The van der Waals surface area contributed by atoms with Crippen LogP contribution in [-0.4, -0.2) is 55.9 Å². The second kappa shape index (κ2) is 9.15. The summed E-state index contributed by atoms with van der Waals surface area (Å²) in [6, 6.07) is 12.5. The van der Waals surface area contributed by atoms with Gasteiger partial charge in [-0.15, -0.1) is 0 Å². The standard InChI is InChI=1S/C22H26N6S/c1-18-5-2-3-7-20(18)16-28-17-21(14-24-28)25-22(29)27-11-9-26(10-12-27)15-19-6-4-8-23-13-19/h2-8,13-14,17H,9-12,15-16H2,1H3,(H,25,29). The van der Waals surface area contributed by atoms with Gasteiger partial charge in [-0.05, 0) is 41.9 Å². The molecule has 0 saturated carbocycles. The van der Waals surface area contributed by atoms with Gasteiger partial charge < -0.3 is 10.2 Å². The van der Waals surface area contributed by atoms with Crippen molar-refractivity contribution in [1.29, 1.82) is 0 Å². The van der Waals surface area contributed by atoms with Gasteiger partial charge in [0.15, 0.2) is 5.11 Å². The van der Waals surface area contributed by atoms with E-state index in [1.54, 1.807) is 0 Å². The summed E-state index contributed by atoms with van der Waals surface area (Å²) in [4.78, 5) is 8.87. The third-order valence-electron chi connectivity index (χ3n) is 5.27. The van der Waals surface area contributed by atoms with E-state index in [9.17, 15) is 0 Å². The highest BCUT2D eigenvalue weighted by Gasteiger charge is 2.19.